The Balaban J connectivity index is 1.68. The highest BCUT2D eigenvalue weighted by molar-refractivity contribution is 7.99. The van der Waals surface area contributed by atoms with Crippen LogP contribution in [-0.4, -0.2) is 24.0 Å². The fourth-order valence-corrected chi connectivity index (χ4v) is 2.97. The third-order valence-electron chi connectivity index (χ3n) is 3.06. The zero-order valence-electron chi connectivity index (χ0n) is 13.3. The number of nitrogens with one attached hydrogen (secondary N) is 1. The highest BCUT2D eigenvalue weighted by atomic mass is 35.5. The smallest absolute Gasteiger partial charge is 0.234 e. The summed E-state index contributed by atoms with van der Waals surface area (Å²) in [6.45, 7) is 4.55. The van der Waals surface area contributed by atoms with Crippen LogP contribution in [-0.2, 0) is 4.79 Å². The molecule has 0 atom stereocenters. The van der Waals surface area contributed by atoms with E-state index in [-0.39, 0.29) is 5.91 Å². The lowest BCUT2D eigenvalue weighted by Gasteiger charge is -2.09. The molecule has 1 amide bonds. The fourth-order valence-electron chi connectivity index (χ4n) is 2.18. The van der Waals surface area contributed by atoms with E-state index in [1.54, 1.807) is 6.07 Å². The predicted octanol–water partition coefficient (Wildman–Crippen LogP) is 4.71. The second-order valence-corrected chi connectivity index (χ2v) is 6.77. The van der Waals surface area contributed by atoms with E-state index in [0.29, 0.717) is 23.1 Å². The first-order valence-electron chi connectivity index (χ1n) is 7.38. The van der Waals surface area contributed by atoms with Crippen LogP contribution >= 0.6 is 23.4 Å². The monoisotopic (exact) mass is 349 g/mol. The third kappa shape index (κ3) is 6.16. The van der Waals surface area contributed by atoms with Crippen molar-refractivity contribution in [1.82, 2.24) is 0 Å². The number of halogens is 1. The van der Waals surface area contributed by atoms with Gasteiger partial charge in [0, 0.05) is 11.4 Å². The molecular weight excluding hydrogens is 330 g/mol. The highest BCUT2D eigenvalue weighted by Gasteiger charge is 2.04. The van der Waals surface area contributed by atoms with E-state index in [0.717, 1.165) is 22.6 Å². The summed E-state index contributed by atoms with van der Waals surface area (Å²) in [5.41, 5.74) is 3.13. The minimum absolute atomic E-state index is 0.00209. The van der Waals surface area contributed by atoms with Gasteiger partial charge in [0.05, 0.1) is 17.4 Å². The van der Waals surface area contributed by atoms with Crippen molar-refractivity contribution in [3.63, 3.8) is 0 Å². The molecule has 5 heteroatoms. The molecule has 2 rings (SSSR count). The molecule has 0 saturated carbocycles. The normalized spacial score (nSPS) is 10.4. The van der Waals surface area contributed by atoms with E-state index >= 15 is 0 Å². The van der Waals surface area contributed by atoms with Gasteiger partial charge in [0.1, 0.15) is 5.75 Å². The quantitative estimate of drug-likeness (QED) is 0.736. The Morgan fingerprint density at radius 1 is 1.17 bits per heavy atom. The molecule has 0 aliphatic carbocycles. The van der Waals surface area contributed by atoms with Crippen LogP contribution < -0.4 is 10.1 Å². The summed E-state index contributed by atoms with van der Waals surface area (Å²) in [6, 6.07) is 13.4. The number of thioether (sulfide) groups is 1. The number of ether oxygens (including phenoxy) is 1. The molecule has 0 radical (unpaired) electrons. The van der Waals surface area contributed by atoms with Crippen molar-refractivity contribution in [3.8, 4) is 5.75 Å². The van der Waals surface area contributed by atoms with Crippen LogP contribution in [0.3, 0.4) is 0 Å². The number of amides is 1. The minimum atomic E-state index is -0.00209. The molecule has 2 aromatic carbocycles. The van der Waals surface area contributed by atoms with E-state index in [4.69, 9.17) is 16.3 Å². The molecule has 1 N–H and O–H groups in total. The predicted molar refractivity (Wildman–Crippen MR) is 98.8 cm³/mol. The average molecular weight is 350 g/mol. The summed E-state index contributed by atoms with van der Waals surface area (Å²) in [5, 5.41) is 3.52. The first-order chi connectivity index (χ1) is 11.0. The summed E-state index contributed by atoms with van der Waals surface area (Å²) in [4.78, 5) is 11.9. The van der Waals surface area contributed by atoms with Gasteiger partial charge in [-0.1, -0.05) is 29.8 Å². The molecule has 0 saturated heterocycles. The van der Waals surface area contributed by atoms with Crippen molar-refractivity contribution in [2.24, 2.45) is 0 Å². The van der Waals surface area contributed by atoms with E-state index in [1.807, 2.05) is 44.2 Å². The van der Waals surface area contributed by atoms with Gasteiger partial charge in [0.2, 0.25) is 5.91 Å². The van der Waals surface area contributed by atoms with Gasteiger partial charge >= 0.3 is 0 Å². The number of aryl methyl sites for hydroxylation is 2. The number of anilines is 1. The molecule has 23 heavy (non-hydrogen) atoms. The minimum Gasteiger partial charge on any atom is -0.491 e. The Labute approximate surface area is 146 Å². The summed E-state index contributed by atoms with van der Waals surface area (Å²) in [6.07, 6.45) is 0. The maximum atomic E-state index is 11.9. The van der Waals surface area contributed by atoms with Crippen LogP contribution in [0.25, 0.3) is 0 Å². The molecule has 0 aromatic heterocycles. The van der Waals surface area contributed by atoms with Crippen molar-refractivity contribution in [2.75, 3.05) is 23.4 Å². The molecule has 0 bridgehead atoms. The summed E-state index contributed by atoms with van der Waals surface area (Å²) >= 11 is 7.54. The van der Waals surface area contributed by atoms with Crippen molar-refractivity contribution in [3.05, 3.63) is 58.6 Å². The van der Waals surface area contributed by atoms with E-state index in [2.05, 4.69) is 11.4 Å². The third-order valence-corrected chi connectivity index (χ3v) is 4.29. The van der Waals surface area contributed by atoms with Crippen LogP contribution in [0.15, 0.2) is 42.5 Å². The van der Waals surface area contributed by atoms with Gasteiger partial charge in [0.15, 0.2) is 0 Å². The van der Waals surface area contributed by atoms with Crippen molar-refractivity contribution < 1.29 is 9.53 Å². The van der Waals surface area contributed by atoms with Gasteiger partial charge in [-0.3, -0.25) is 4.79 Å². The summed E-state index contributed by atoms with van der Waals surface area (Å²) in [7, 11) is 0. The van der Waals surface area contributed by atoms with Crippen molar-refractivity contribution in [1.29, 1.82) is 0 Å². The zero-order chi connectivity index (χ0) is 16.7. The number of hydrogen-bond donors (Lipinski definition) is 1. The lowest BCUT2D eigenvalue weighted by Crippen LogP contribution is -2.15. The number of carbonyl (C=O) groups excluding carboxylic acids is 1. The molecule has 0 unspecified atom stereocenters. The lowest BCUT2D eigenvalue weighted by atomic mass is 10.1. The zero-order valence-corrected chi connectivity index (χ0v) is 14.8. The molecule has 0 spiro atoms. The van der Waals surface area contributed by atoms with Gasteiger partial charge in [-0.2, -0.15) is 0 Å². The van der Waals surface area contributed by atoms with Crippen LogP contribution in [0.1, 0.15) is 11.1 Å². The molecule has 122 valence electrons. The number of para-hydroxylation sites is 1. The molecular formula is C18H20ClNO2S. The van der Waals surface area contributed by atoms with Crippen molar-refractivity contribution >= 4 is 35.0 Å². The Hall–Kier alpha value is -1.65. The molecule has 3 nitrogen and oxygen atoms in total. The van der Waals surface area contributed by atoms with E-state index in [1.165, 1.54) is 11.8 Å². The van der Waals surface area contributed by atoms with Crippen LogP contribution in [0.2, 0.25) is 5.02 Å². The Morgan fingerprint density at radius 2 is 1.87 bits per heavy atom. The topological polar surface area (TPSA) is 38.3 Å². The molecule has 0 fully saturated rings. The standard InChI is InChI=1S/C18H20ClNO2S/c1-13-9-14(2)11-15(10-13)20-18(21)12-23-8-7-22-17-6-4-3-5-16(17)19/h3-6,9-11H,7-8,12H2,1-2H3,(H,20,21). The number of rotatable bonds is 7. The average Bonchev–Trinajstić information content (AvgIpc) is 2.47. The van der Waals surface area contributed by atoms with Crippen LogP contribution in [0.4, 0.5) is 5.69 Å². The highest BCUT2D eigenvalue weighted by Crippen LogP contribution is 2.23. The maximum absolute atomic E-state index is 11.9. The summed E-state index contributed by atoms with van der Waals surface area (Å²) < 4.78 is 5.58. The Morgan fingerprint density at radius 3 is 2.57 bits per heavy atom. The molecule has 2 aromatic rings. The molecule has 0 aliphatic rings. The SMILES string of the molecule is Cc1cc(C)cc(NC(=O)CSCCOc2ccccc2Cl)c1. The summed E-state index contributed by atoms with van der Waals surface area (Å²) in [5.74, 6) is 1.80. The second kappa shape index (κ2) is 8.85. The maximum Gasteiger partial charge on any atom is 0.234 e. The number of carbonyl (C=O) groups is 1. The van der Waals surface area contributed by atoms with Crippen LogP contribution in [0.5, 0.6) is 5.75 Å². The largest absolute Gasteiger partial charge is 0.491 e. The number of benzene rings is 2. The molecule has 0 aliphatic heterocycles. The molecule has 0 heterocycles. The Bertz CT molecular complexity index is 656. The van der Waals surface area contributed by atoms with Gasteiger partial charge in [0.25, 0.3) is 0 Å². The first-order valence-corrected chi connectivity index (χ1v) is 8.91. The van der Waals surface area contributed by atoms with E-state index < -0.39 is 0 Å². The Kier molecular flexibility index (Phi) is 6.81. The van der Waals surface area contributed by atoms with Gasteiger partial charge in [-0.25, -0.2) is 0 Å². The van der Waals surface area contributed by atoms with E-state index in [9.17, 15) is 4.79 Å². The fraction of sp³-hybridized carbons (Fsp3) is 0.278. The van der Waals surface area contributed by atoms with Gasteiger partial charge in [-0.05, 0) is 49.2 Å². The second-order valence-electron chi connectivity index (χ2n) is 5.26. The van der Waals surface area contributed by atoms with Gasteiger partial charge < -0.3 is 10.1 Å². The first kappa shape index (κ1) is 17.7. The van der Waals surface area contributed by atoms with Crippen molar-refractivity contribution in [2.45, 2.75) is 13.8 Å². The lowest BCUT2D eigenvalue weighted by molar-refractivity contribution is -0.113. The van der Waals surface area contributed by atoms with Gasteiger partial charge in [-0.15, -0.1) is 11.8 Å². The van der Waals surface area contributed by atoms with Crippen LogP contribution in [0, 0.1) is 13.8 Å². The number of hydrogen-bond acceptors (Lipinski definition) is 3.